The maximum atomic E-state index is 13.4. The molecule has 0 heterocycles. The zero-order valence-electron chi connectivity index (χ0n) is 21.9. The summed E-state index contributed by atoms with van der Waals surface area (Å²) in [4.78, 5) is 28.1. The van der Waals surface area contributed by atoms with Gasteiger partial charge in [-0.2, -0.15) is 0 Å². The molecule has 3 rings (SSSR count). The van der Waals surface area contributed by atoms with E-state index in [9.17, 15) is 18.0 Å². The monoisotopic (exact) mass is 513 g/mol. The van der Waals surface area contributed by atoms with Gasteiger partial charge in [-0.1, -0.05) is 60.9 Å². The van der Waals surface area contributed by atoms with Crippen LogP contribution in [-0.2, 0) is 26.2 Å². The SMILES string of the molecule is Cc1ccc(CN(C(=O)CCCN(c2ccccc2C)S(C)(=O)=O)[C@@H](C)C(=O)NC2CCCC2)cc1. The highest BCUT2D eigenvalue weighted by Gasteiger charge is 2.28. The van der Waals surface area contributed by atoms with Gasteiger partial charge in [-0.15, -0.1) is 0 Å². The first kappa shape index (κ1) is 27.7. The van der Waals surface area contributed by atoms with Gasteiger partial charge in [-0.25, -0.2) is 8.42 Å². The van der Waals surface area contributed by atoms with Gasteiger partial charge in [0.2, 0.25) is 21.8 Å². The number of sulfonamides is 1. The van der Waals surface area contributed by atoms with Crippen molar-refractivity contribution in [1.82, 2.24) is 10.2 Å². The summed E-state index contributed by atoms with van der Waals surface area (Å²) in [6, 6.07) is 14.8. The number of nitrogens with zero attached hydrogens (tertiary/aromatic N) is 2. The van der Waals surface area contributed by atoms with Crippen LogP contribution in [0.1, 0.15) is 62.1 Å². The van der Waals surface area contributed by atoms with Gasteiger partial charge in [0.25, 0.3) is 0 Å². The smallest absolute Gasteiger partial charge is 0.242 e. The predicted octanol–water partition coefficient (Wildman–Crippen LogP) is 4.33. The van der Waals surface area contributed by atoms with Crippen molar-refractivity contribution in [3.05, 3.63) is 65.2 Å². The molecule has 1 aliphatic rings. The van der Waals surface area contributed by atoms with Crippen LogP contribution < -0.4 is 9.62 Å². The average molecular weight is 514 g/mol. The van der Waals surface area contributed by atoms with Crippen LogP contribution in [0, 0.1) is 13.8 Å². The second-order valence-corrected chi connectivity index (χ2v) is 11.8. The largest absolute Gasteiger partial charge is 0.352 e. The topological polar surface area (TPSA) is 86.8 Å². The van der Waals surface area contributed by atoms with E-state index >= 15 is 0 Å². The summed E-state index contributed by atoms with van der Waals surface area (Å²) in [5.41, 5.74) is 3.55. The van der Waals surface area contributed by atoms with Crippen LogP contribution in [-0.4, -0.2) is 50.0 Å². The zero-order valence-corrected chi connectivity index (χ0v) is 22.7. The number of rotatable bonds is 11. The normalized spacial score (nSPS) is 14.9. The van der Waals surface area contributed by atoms with Gasteiger partial charge in [0, 0.05) is 25.6 Å². The highest BCUT2D eigenvalue weighted by atomic mass is 32.2. The lowest BCUT2D eigenvalue weighted by molar-refractivity contribution is -0.141. The van der Waals surface area contributed by atoms with Crippen molar-refractivity contribution < 1.29 is 18.0 Å². The van der Waals surface area contributed by atoms with Crippen LogP contribution in [0.4, 0.5) is 5.69 Å². The molecule has 2 aromatic rings. The van der Waals surface area contributed by atoms with Crippen molar-refractivity contribution in [3.8, 4) is 0 Å². The van der Waals surface area contributed by atoms with Crippen LogP contribution in [0.5, 0.6) is 0 Å². The number of benzene rings is 2. The fourth-order valence-electron chi connectivity index (χ4n) is 4.69. The summed E-state index contributed by atoms with van der Waals surface area (Å²) in [5.74, 6) is -0.303. The fourth-order valence-corrected chi connectivity index (χ4v) is 5.71. The molecule has 1 saturated carbocycles. The van der Waals surface area contributed by atoms with Crippen LogP contribution in [0.2, 0.25) is 0 Å². The average Bonchev–Trinajstić information content (AvgIpc) is 3.34. The van der Waals surface area contributed by atoms with Crippen molar-refractivity contribution in [2.45, 2.75) is 77.9 Å². The van der Waals surface area contributed by atoms with Crippen molar-refractivity contribution in [2.75, 3.05) is 17.1 Å². The van der Waals surface area contributed by atoms with Crippen LogP contribution in [0.3, 0.4) is 0 Å². The number of carbonyl (C=O) groups excluding carboxylic acids is 2. The molecule has 0 aromatic heterocycles. The molecule has 1 aliphatic carbocycles. The van der Waals surface area contributed by atoms with Crippen molar-refractivity contribution in [1.29, 1.82) is 0 Å². The molecule has 0 spiro atoms. The Balaban J connectivity index is 1.72. The van der Waals surface area contributed by atoms with Crippen LogP contribution in [0.15, 0.2) is 48.5 Å². The van der Waals surface area contributed by atoms with Gasteiger partial charge in [-0.05, 0) is 57.2 Å². The molecule has 2 amide bonds. The zero-order chi connectivity index (χ0) is 26.3. The standard InChI is InChI=1S/C28H39N3O4S/c1-21-15-17-24(18-16-21)20-30(23(3)28(33)29-25-11-6-7-12-25)27(32)14-9-19-31(36(4,34)35)26-13-8-5-10-22(26)2/h5,8,10,13,15-18,23,25H,6-7,9,11-12,14,19-20H2,1-4H3,(H,29,33)/t23-/m0/s1. The number of hydrogen-bond donors (Lipinski definition) is 1. The van der Waals surface area contributed by atoms with E-state index in [1.807, 2.05) is 50.2 Å². The maximum Gasteiger partial charge on any atom is 0.242 e. The number of carbonyl (C=O) groups is 2. The second-order valence-electron chi connectivity index (χ2n) is 9.90. The van der Waals surface area contributed by atoms with Crippen molar-refractivity contribution in [2.24, 2.45) is 0 Å². The molecule has 2 aromatic carbocycles. The van der Waals surface area contributed by atoms with E-state index in [0.29, 0.717) is 18.7 Å². The summed E-state index contributed by atoms with van der Waals surface area (Å²) in [7, 11) is -3.51. The maximum absolute atomic E-state index is 13.4. The molecule has 1 N–H and O–H groups in total. The Morgan fingerprint density at radius 3 is 2.28 bits per heavy atom. The van der Waals surface area contributed by atoms with Gasteiger partial charge in [0.1, 0.15) is 6.04 Å². The molecule has 1 atom stereocenters. The number of aryl methyl sites for hydroxylation is 2. The molecule has 0 bridgehead atoms. The molecule has 36 heavy (non-hydrogen) atoms. The molecule has 196 valence electrons. The molecular formula is C28H39N3O4S. The lowest BCUT2D eigenvalue weighted by Gasteiger charge is -2.30. The molecule has 8 heteroatoms. The van der Waals surface area contributed by atoms with E-state index in [2.05, 4.69) is 5.32 Å². The molecule has 0 aliphatic heterocycles. The van der Waals surface area contributed by atoms with E-state index in [4.69, 9.17) is 0 Å². The third-order valence-corrected chi connectivity index (χ3v) is 8.06. The Hall–Kier alpha value is -2.87. The van der Waals surface area contributed by atoms with Gasteiger partial charge < -0.3 is 10.2 Å². The Morgan fingerprint density at radius 2 is 1.67 bits per heavy atom. The molecule has 0 radical (unpaired) electrons. The molecular weight excluding hydrogens is 474 g/mol. The van der Waals surface area contributed by atoms with Gasteiger partial charge in [0.15, 0.2) is 0 Å². The lowest BCUT2D eigenvalue weighted by atomic mass is 10.1. The van der Waals surface area contributed by atoms with E-state index in [1.165, 1.54) is 10.6 Å². The van der Waals surface area contributed by atoms with E-state index in [1.54, 1.807) is 24.0 Å². The quantitative estimate of drug-likeness (QED) is 0.485. The molecule has 0 unspecified atom stereocenters. The fraction of sp³-hybridized carbons (Fsp3) is 0.500. The van der Waals surface area contributed by atoms with Gasteiger partial charge >= 0.3 is 0 Å². The first-order valence-electron chi connectivity index (χ1n) is 12.7. The Labute approximate surface area is 215 Å². The van der Waals surface area contributed by atoms with Crippen molar-refractivity contribution >= 4 is 27.5 Å². The van der Waals surface area contributed by atoms with E-state index in [0.717, 1.165) is 42.4 Å². The first-order chi connectivity index (χ1) is 17.1. The Kier molecular flexibility index (Phi) is 9.54. The third kappa shape index (κ3) is 7.56. The summed E-state index contributed by atoms with van der Waals surface area (Å²) in [6.45, 7) is 6.16. The summed E-state index contributed by atoms with van der Waals surface area (Å²) >= 11 is 0. The number of nitrogens with one attached hydrogen (secondary N) is 1. The van der Waals surface area contributed by atoms with Crippen LogP contribution >= 0.6 is 0 Å². The number of anilines is 1. The second kappa shape index (κ2) is 12.4. The highest BCUT2D eigenvalue weighted by molar-refractivity contribution is 7.92. The predicted molar refractivity (Wildman–Crippen MR) is 144 cm³/mol. The highest BCUT2D eigenvalue weighted by Crippen LogP contribution is 2.23. The lowest BCUT2D eigenvalue weighted by Crippen LogP contribution is -2.49. The summed E-state index contributed by atoms with van der Waals surface area (Å²) in [6.07, 6.45) is 5.86. The van der Waals surface area contributed by atoms with E-state index in [-0.39, 0.29) is 30.8 Å². The minimum absolute atomic E-state index is 0.139. The summed E-state index contributed by atoms with van der Waals surface area (Å²) < 4.78 is 26.4. The molecule has 7 nitrogen and oxygen atoms in total. The minimum Gasteiger partial charge on any atom is -0.352 e. The molecule has 1 fully saturated rings. The van der Waals surface area contributed by atoms with Crippen molar-refractivity contribution in [3.63, 3.8) is 0 Å². The van der Waals surface area contributed by atoms with E-state index < -0.39 is 16.1 Å². The number of hydrogen-bond acceptors (Lipinski definition) is 4. The Bertz CT molecular complexity index is 1140. The van der Waals surface area contributed by atoms with Gasteiger partial charge in [-0.3, -0.25) is 13.9 Å². The first-order valence-corrected chi connectivity index (χ1v) is 14.6. The van der Waals surface area contributed by atoms with Gasteiger partial charge in [0.05, 0.1) is 11.9 Å². The number of amides is 2. The Morgan fingerprint density at radius 1 is 1.03 bits per heavy atom. The molecule has 0 saturated heterocycles. The van der Waals surface area contributed by atoms with Crippen LogP contribution in [0.25, 0.3) is 0 Å². The number of para-hydroxylation sites is 1. The minimum atomic E-state index is -3.51. The summed E-state index contributed by atoms with van der Waals surface area (Å²) in [5, 5.41) is 3.11. The third-order valence-electron chi connectivity index (χ3n) is 6.88.